The van der Waals surface area contributed by atoms with Crippen molar-refractivity contribution in [1.82, 2.24) is 4.90 Å². The van der Waals surface area contributed by atoms with E-state index < -0.39 is 11.7 Å². The molecule has 1 fully saturated rings. The largest absolute Gasteiger partial charge is 0.416 e. The number of halogens is 4. The van der Waals surface area contributed by atoms with Crippen LogP contribution in [0.15, 0.2) is 42.5 Å². The number of hydrogen-bond acceptors (Lipinski definition) is 2. The van der Waals surface area contributed by atoms with Crippen LogP contribution in [0.1, 0.15) is 48.9 Å². The van der Waals surface area contributed by atoms with E-state index in [0.29, 0.717) is 34.5 Å². The molecule has 2 nitrogen and oxygen atoms in total. The minimum atomic E-state index is -4.35. The molecule has 1 heterocycles. The molecule has 0 amide bonds. The summed E-state index contributed by atoms with van der Waals surface area (Å²) in [5, 5.41) is 9.49. The molecule has 31 heavy (non-hydrogen) atoms. The smallest absolute Gasteiger partial charge is 0.301 e. The molecule has 0 saturated carbocycles. The maximum Gasteiger partial charge on any atom is 0.416 e. The highest BCUT2D eigenvalue weighted by Crippen LogP contribution is 2.37. The van der Waals surface area contributed by atoms with Crippen molar-refractivity contribution < 1.29 is 13.2 Å². The van der Waals surface area contributed by atoms with Crippen LogP contribution in [0.4, 0.5) is 13.2 Å². The number of alkyl halides is 3. The van der Waals surface area contributed by atoms with Gasteiger partial charge in [0.2, 0.25) is 0 Å². The van der Waals surface area contributed by atoms with Crippen molar-refractivity contribution in [1.29, 1.82) is 5.26 Å². The van der Waals surface area contributed by atoms with Gasteiger partial charge in [0.25, 0.3) is 0 Å². The van der Waals surface area contributed by atoms with Crippen LogP contribution in [0, 0.1) is 23.2 Å². The number of benzene rings is 2. The molecule has 1 unspecified atom stereocenters. The van der Waals surface area contributed by atoms with E-state index in [2.05, 4.69) is 24.8 Å². The van der Waals surface area contributed by atoms with Gasteiger partial charge >= 0.3 is 6.18 Å². The van der Waals surface area contributed by atoms with E-state index in [0.717, 1.165) is 37.9 Å². The second-order valence-corrected chi connectivity index (χ2v) is 9.13. The van der Waals surface area contributed by atoms with Crippen molar-refractivity contribution in [3.8, 4) is 6.07 Å². The Morgan fingerprint density at radius 1 is 1.19 bits per heavy atom. The third kappa shape index (κ3) is 6.02. The summed E-state index contributed by atoms with van der Waals surface area (Å²) in [5.74, 6) is 0.499. The molecule has 0 spiro atoms. The van der Waals surface area contributed by atoms with E-state index >= 15 is 0 Å². The molecule has 0 aliphatic carbocycles. The lowest BCUT2D eigenvalue weighted by atomic mass is 9.81. The number of rotatable bonds is 7. The predicted molar refractivity (Wildman–Crippen MR) is 118 cm³/mol. The molecule has 166 valence electrons. The van der Waals surface area contributed by atoms with Gasteiger partial charge in [0.1, 0.15) is 6.07 Å². The van der Waals surface area contributed by atoms with Gasteiger partial charge in [0, 0.05) is 12.6 Å². The van der Waals surface area contributed by atoms with Crippen LogP contribution in [-0.2, 0) is 19.0 Å². The molecule has 0 N–H and O–H groups in total. The fourth-order valence-electron chi connectivity index (χ4n) is 4.59. The lowest BCUT2D eigenvalue weighted by Crippen LogP contribution is -2.30. The summed E-state index contributed by atoms with van der Waals surface area (Å²) in [6.07, 6.45) is -1.42. The number of aryl methyl sites for hydroxylation is 1. The molecule has 0 bridgehead atoms. The van der Waals surface area contributed by atoms with Crippen LogP contribution in [0.25, 0.3) is 0 Å². The van der Waals surface area contributed by atoms with Crippen LogP contribution in [0.2, 0.25) is 5.02 Å². The third-order valence-corrected chi connectivity index (χ3v) is 6.73. The first-order chi connectivity index (χ1) is 14.7. The minimum Gasteiger partial charge on any atom is -0.301 e. The summed E-state index contributed by atoms with van der Waals surface area (Å²) < 4.78 is 40.7. The first-order valence-corrected chi connectivity index (χ1v) is 11.1. The highest BCUT2D eigenvalue weighted by atomic mass is 35.5. The van der Waals surface area contributed by atoms with Gasteiger partial charge in [0.15, 0.2) is 0 Å². The summed E-state index contributed by atoms with van der Waals surface area (Å²) in [6.45, 7) is 6.23. The van der Waals surface area contributed by atoms with Gasteiger partial charge in [-0.05, 0) is 87.2 Å². The van der Waals surface area contributed by atoms with Gasteiger partial charge in [-0.15, -0.1) is 0 Å². The Hall–Kier alpha value is -2.03. The molecule has 2 aromatic carbocycles. The maximum atomic E-state index is 13.6. The molecule has 1 aliphatic rings. The van der Waals surface area contributed by atoms with E-state index in [1.165, 1.54) is 12.1 Å². The summed E-state index contributed by atoms with van der Waals surface area (Å²) >= 11 is 6.17. The monoisotopic (exact) mass is 448 g/mol. The molecular weight excluding hydrogens is 421 g/mol. The molecule has 1 aliphatic heterocycles. The van der Waals surface area contributed by atoms with Crippen LogP contribution >= 0.6 is 11.6 Å². The highest BCUT2D eigenvalue weighted by Gasteiger charge is 2.35. The third-order valence-electron chi connectivity index (χ3n) is 6.42. The zero-order chi connectivity index (χ0) is 22.6. The van der Waals surface area contributed by atoms with Gasteiger partial charge in [0.05, 0.1) is 16.1 Å². The normalized spacial score (nSPS) is 18.3. The van der Waals surface area contributed by atoms with Gasteiger partial charge in [-0.2, -0.15) is 18.4 Å². The summed E-state index contributed by atoms with van der Waals surface area (Å²) in [6, 6.07) is 13.8. The number of hydrogen-bond donors (Lipinski definition) is 0. The van der Waals surface area contributed by atoms with Crippen molar-refractivity contribution in [2.45, 2.75) is 51.7 Å². The second-order valence-electron chi connectivity index (χ2n) is 8.72. The molecule has 6 heteroatoms. The zero-order valence-corrected chi connectivity index (χ0v) is 18.7. The summed E-state index contributed by atoms with van der Waals surface area (Å²) in [4.78, 5) is 2.41. The lowest BCUT2D eigenvalue weighted by molar-refractivity contribution is -0.138. The maximum absolute atomic E-state index is 13.6. The number of nitriles is 1. The lowest BCUT2D eigenvalue weighted by Gasteiger charge is -2.27. The van der Waals surface area contributed by atoms with Crippen molar-refractivity contribution in [2.24, 2.45) is 11.8 Å². The highest BCUT2D eigenvalue weighted by molar-refractivity contribution is 6.31. The van der Waals surface area contributed by atoms with E-state index in [1.54, 1.807) is 24.3 Å². The first-order valence-electron chi connectivity index (χ1n) is 10.8. The van der Waals surface area contributed by atoms with Crippen LogP contribution in [-0.4, -0.2) is 24.0 Å². The Bertz CT molecular complexity index is 933. The van der Waals surface area contributed by atoms with Crippen molar-refractivity contribution in [3.63, 3.8) is 0 Å². The van der Waals surface area contributed by atoms with Crippen LogP contribution in [0.5, 0.6) is 0 Å². The Morgan fingerprint density at radius 3 is 2.55 bits per heavy atom. The SMILES string of the molecule is CC(C)N1CCC([C@@H](CCc2ccc(C#N)c(Cl)c2)Cc2ccccc2C(F)(F)F)C1. The molecule has 0 aromatic heterocycles. The van der Waals surface area contributed by atoms with Gasteiger partial charge in [-0.1, -0.05) is 35.9 Å². The first kappa shape index (κ1) is 23.6. The van der Waals surface area contributed by atoms with Gasteiger partial charge in [-0.25, -0.2) is 0 Å². The van der Waals surface area contributed by atoms with Crippen molar-refractivity contribution >= 4 is 11.6 Å². The minimum absolute atomic E-state index is 0.140. The fourth-order valence-corrected chi connectivity index (χ4v) is 4.83. The van der Waals surface area contributed by atoms with Crippen LogP contribution in [0.3, 0.4) is 0 Å². The van der Waals surface area contributed by atoms with Crippen LogP contribution < -0.4 is 0 Å². The fraction of sp³-hybridized carbons (Fsp3) is 0.480. The molecule has 2 aromatic rings. The zero-order valence-electron chi connectivity index (χ0n) is 17.9. The summed E-state index contributed by atoms with van der Waals surface area (Å²) in [5.41, 5.74) is 1.29. The molecular formula is C25H28ClF3N2. The number of likely N-dealkylation sites (tertiary alicyclic amines) is 1. The van der Waals surface area contributed by atoms with Crippen molar-refractivity contribution in [2.75, 3.05) is 13.1 Å². The molecule has 2 atom stereocenters. The van der Waals surface area contributed by atoms with E-state index in [4.69, 9.17) is 16.9 Å². The second kappa shape index (κ2) is 10.1. The van der Waals surface area contributed by atoms with Gasteiger partial charge in [-0.3, -0.25) is 0 Å². The van der Waals surface area contributed by atoms with Gasteiger partial charge < -0.3 is 4.90 Å². The number of nitrogens with zero attached hydrogens (tertiary/aromatic N) is 2. The van der Waals surface area contributed by atoms with Crippen molar-refractivity contribution in [3.05, 3.63) is 69.7 Å². The average Bonchev–Trinajstić information content (AvgIpc) is 3.21. The standard InChI is InChI=1S/C25H28ClF3N2/c1-17(2)31-12-11-22(16-31)19(9-7-18-8-10-21(15-30)24(26)13-18)14-20-5-3-4-6-23(20)25(27,28)29/h3-6,8,10,13,17,19,22H,7,9,11-12,14,16H2,1-2H3/t19-,22?/m0/s1. The Labute approximate surface area is 187 Å². The topological polar surface area (TPSA) is 27.0 Å². The van der Waals surface area contributed by atoms with E-state index in [9.17, 15) is 13.2 Å². The molecule has 1 saturated heterocycles. The summed E-state index contributed by atoms with van der Waals surface area (Å²) in [7, 11) is 0. The Balaban J connectivity index is 1.81. The Morgan fingerprint density at radius 2 is 1.94 bits per heavy atom. The van der Waals surface area contributed by atoms with E-state index in [-0.39, 0.29) is 5.92 Å². The predicted octanol–water partition coefficient (Wildman–Crippen LogP) is 6.75. The quantitative estimate of drug-likeness (QED) is 0.468. The Kier molecular flexibility index (Phi) is 7.67. The van der Waals surface area contributed by atoms with E-state index in [1.807, 2.05) is 6.07 Å². The molecule has 3 rings (SSSR count). The average molecular weight is 449 g/mol. The molecule has 0 radical (unpaired) electrons.